The number of carbonyl (C=O) groups excluding carboxylic acids is 2. The molecule has 4 nitrogen and oxygen atoms in total. The highest BCUT2D eigenvalue weighted by Gasteiger charge is 2.28. The summed E-state index contributed by atoms with van der Waals surface area (Å²) in [5, 5.41) is 4.46. The molecule has 1 amide bonds. The number of benzene rings is 2. The predicted molar refractivity (Wildman–Crippen MR) is 102 cm³/mol. The van der Waals surface area contributed by atoms with Gasteiger partial charge in [-0.05, 0) is 29.5 Å². The third kappa shape index (κ3) is 5.01. The molecular formula is C21H18FNO3S. The van der Waals surface area contributed by atoms with Crippen molar-refractivity contribution in [2.75, 3.05) is 6.54 Å². The number of hydrogen-bond donors (Lipinski definition) is 1. The van der Waals surface area contributed by atoms with Crippen LogP contribution in [0.15, 0.2) is 72.1 Å². The van der Waals surface area contributed by atoms with Gasteiger partial charge >= 0.3 is 5.97 Å². The van der Waals surface area contributed by atoms with Gasteiger partial charge in [0.25, 0.3) is 5.91 Å². The zero-order valence-corrected chi connectivity index (χ0v) is 15.2. The summed E-state index contributed by atoms with van der Waals surface area (Å²) in [5.74, 6) is -1.81. The second kappa shape index (κ2) is 9.09. The summed E-state index contributed by atoms with van der Waals surface area (Å²) in [7, 11) is 0. The number of halogens is 1. The quantitative estimate of drug-likeness (QED) is 0.624. The Morgan fingerprint density at radius 2 is 1.74 bits per heavy atom. The zero-order chi connectivity index (χ0) is 19.1. The van der Waals surface area contributed by atoms with Crippen LogP contribution in [0.3, 0.4) is 0 Å². The van der Waals surface area contributed by atoms with E-state index in [1.54, 1.807) is 23.6 Å². The maximum atomic E-state index is 14.2. The van der Waals surface area contributed by atoms with E-state index in [0.717, 1.165) is 5.56 Å². The van der Waals surface area contributed by atoms with E-state index in [1.165, 1.54) is 29.5 Å². The van der Waals surface area contributed by atoms with Crippen LogP contribution in [-0.4, -0.2) is 18.4 Å². The molecule has 3 aromatic rings. The van der Waals surface area contributed by atoms with Gasteiger partial charge in [0, 0.05) is 12.1 Å². The highest BCUT2D eigenvalue weighted by Crippen LogP contribution is 2.23. The van der Waals surface area contributed by atoms with Crippen molar-refractivity contribution in [3.05, 3.63) is 93.9 Å². The van der Waals surface area contributed by atoms with Crippen molar-refractivity contribution < 1.29 is 18.7 Å². The molecular weight excluding hydrogens is 365 g/mol. The molecule has 138 valence electrons. The van der Waals surface area contributed by atoms with E-state index in [9.17, 15) is 14.0 Å². The number of esters is 1. The summed E-state index contributed by atoms with van der Waals surface area (Å²) in [6, 6.07) is 18.8. The van der Waals surface area contributed by atoms with Crippen LogP contribution in [0, 0.1) is 5.82 Å². The van der Waals surface area contributed by atoms with Crippen LogP contribution in [0.5, 0.6) is 0 Å². The SMILES string of the molecule is O=C(O[C@H](C(=O)NCCc1ccccc1)c1ccccc1F)c1cccs1. The lowest BCUT2D eigenvalue weighted by Crippen LogP contribution is -2.34. The maximum Gasteiger partial charge on any atom is 0.349 e. The number of carbonyl (C=O) groups is 2. The monoisotopic (exact) mass is 383 g/mol. The highest BCUT2D eigenvalue weighted by atomic mass is 32.1. The van der Waals surface area contributed by atoms with E-state index in [0.29, 0.717) is 17.8 Å². The molecule has 2 aromatic carbocycles. The van der Waals surface area contributed by atoms with Crippen molar-refractivity contribution in [2.45, 2.75) is 12.5 Å². The second-order valence-electron chi connectivity index (χ2n) is 5.81. The molecule has 1 atom stereocenters. The first-order chi connectivity index (χ1) is 13.1. The Hall–Kier alpha value is -2.99. The van der Waals surface area contributed by atoms with Gasteiger partial charge in [-0.3, -0.25) is 4.79 Å². The molecule has 0 radical (unpaired) electrons. The number of rotatable bonds is 7. The van der Waals surface area contributed by atoms with Crippen molar-refractivity contribution in [3.8, 4) is 0 Å². The van der Waals surface area contributed by atoms with Gasteiger partial charge in [-0.15, -0.1) is 11.3 Å². The van der Waals surface area contributed by atoms with Gasteiger partial charge in [0.2, 0.25) is 6.10 Å². The lowest BCUT2D eigenvalue weighted by molar-refractivity contribution is -0.130. The molecule has 0 aliphatic carbocycles. The summed E-state index contributed by atoms with van der Waals surface area (Å²) in [5.41, 5.74) is 1.09. The second-order valence-corrected chi connectivity index (χ2v) is 6.76. The molecule has 0 spiro atoms. The Kier molecular flexibility index (Phi) is 6.33. The van der Waals surface area contributed by atoms with E-state index in [2.05, 4.69) is 5.32 Å². The van der Waals surface area contributed by atoms with Crippen molar-refractivity contribution in [1.29, 1.82) is 0 Å². The number of hydrogen-bond acceptors (Lipinski definition) is 4. The van der Waals surface area contributed by atoms with Crippen molar-refractivity contribution in [2.24, 2.45) is 0 Å². The Labute approximate surface area is 160 Å². The normalized spacial score (nSPS) is 11.6. The molecule has 1 aromatic heterocycles. The van der Waals surface area contributed by atoms with Crippen LogP contribution in [0.25, 0.3) is 0 Å². The average Bonchev–Trinajstić information content (AvgIpc) is 3.22. The van der Waals surface area contributed by atoms with Gasteiger partial charge < -0.3 is 10.1 Å². The molecule has 1 heterocycles. The Balaban J connectivity index is 1.71. The number of nitrogens with one attached hydrogen (secondary N) is 1. The lowest BCUT2D eigenvalue weighted by atomic mass is 10.1. The smallest absolute Gasteiger partial charge is 0.349 e. The van der Waals surface area contributed by atoms with Crippen molar-refractivity contribution >= 4 is 23.2 Å². The van der Waals surface area contributed by atoms with Crippen molar-refractivity contribution in [1.82, 2.24) is 5.32 Å². The van der Waals surface area contributed by atoms with Crippen molar-refractivity contribution in [3.63, 3.8) is 0 Å². The van der Waals surface area contributed by atoms with Crippen LogP contribution < -0.4 is 5.32 Å². The van der Waals surface area contributed by atoms with E-state index in [4.69, 9.17) is 4.74 Å². The van der Waals surface area contributed by atoms with Crippen LogP contribution in [0.2, 0.25) is 0 Å². The molecule has 0 fully saturated rings. The van der Waals surface area contributed by atoms with E-state index in [1.807, 2.05) is 30.3 Å². The minimum atomic E-state index is -1.35. The Bertz CT molecular complexity index is 897. The lowest BCUT2D eigenvalue weighted by Gasteiger charge is -2.18. The summed E-state index contributed by atoms with van der Waals surface area (Å²) >= 11 is 1.20. The molecule has 0 saturated heterocycles. The minimum absolute atomic E-state index is 0.0274. The molecule has 6 heteroatoms. The molecule has 1 N–H and O–H groups in total. The van der Waals surface area contributed by atoms with Crippen LogP contribution in [-0.2, 0) is 16.0 Å². The molecule has 0 unspecified atom stereocenters. The van der Waals surface area contributed by atoms with Gasteiger partial charge in [0.05, 0.1) is 0 Å². The fraction of sp³-hybridized carbons (Fsp3) is 0.143. The summed E-state index contributed by atoms with van der Waals surface area (Å²) in [4.78, 5) is 25.3. The third-order valence-electron chi connectivity index (χ3n) is 3.93. The van der Waals surface area contributed by atoms with Gasteiger partial charge in [-0.25, -0.2) is 9.18 Å². The van der Waals surface area contributed by atoms with E-state index < -0.39 is 23.8 Å². The first-order valence-corrected chi connectivity index (χ1v) is 9.33. The Morgan fingerprint density at radius 1 is 1.00 bits per heavy atom. The number of ether oxygens (including phenoxy) is 1. The number of thiophene rings is 1. The predicted octanol–water partition coefficient (Wildman–Crippen LogP) is 4.14. The van der Waals surface area contributed by atoms with Gasteiger partial charge in [0.15, 0.2) is 0 Å². The molecule has 3 rings (SSSR count). The fourth-order valence-corrected chi connectivity index (χ4v) is 3.18. The topological polar surface area (TPSA) is 55.4 Å². The standard InChI is InChI=1S/C21H18FNO3S/c22-17-10-5-4-9-16(17)19(26-21(25)18-11-6-14-27-18)20(24)23-13-12-15-7-2-1-3-8-15/h1-11,14,19H,12-13H2,(H,23,24)/t19-/m0/s1. The summed E-state index contributed by atoms with van der Waals surface area (Å²) in [6.45, 7) is 0.352. The van der Waals surface area contributed by atoms with Gasteiger partial charge in [-0.1, -0.05) is 54.6 Å². The maximum absolute atomic E-state index is 14.2. The first-order valence-electron chi connectivity index (χ1n) is 8.45. The molecule has 0 aliphatic rings. The van der Waals surface area contributed by atoms with E-state index in [-0.39, 0.29) is 5.56 Å². The zero-order valence-electron chi connectivity index (χ0n) is 14.4. The highest BCUT2D eigenvalue weighted by molar-refractivity contribution is 7.11. The fourth-order valence-electron chi connectivity index (χ4n) is 2.57. The minimum Gasteiger partial charge on any atom is -0.443 e. The first kappa shape index (κ1) is 18.8. The third-order valence-corrected chi connectivity index (χ3v) is 4.78. The van der Waals surface area contributed by atoms with Gasteiger partial charge in [0.1, 0.15) is 10.7 Å². The van der Waals surface area contributed by atoms with E-state index >= 15 is 0 Å². The molecule has 0 saturated carbocycles. The summed E-state index contributed by atoms with van der Waals surface area (Å²) in [6.07, 6.45) is -0.730. The molecule has 0 bridgehead atoms. The molecule has 0 aliphatic heterocycles. The van der Waals surface area contributed by atoms with Crippen LogP contribution in [0.1, 0.15) is 26.9 Å². The van der Waals surface area contributed by atoms with Crippen LogP contribution >= 0.6 is 11.3 Å². The van der Waals surface area contributed by atoms with Crippen LogP contribution in [0.4, 0.5) is 4.39 Å². The largest absolute Gasteiger partial charge is 0.443 e. The number of amides is 1. The Morgan fingerprint density at radius 3 is 2.44 bits per heavy atom. The average molecular weight is 383 g/mol. The summed E-state index contributed by atoms with van der Waals surface area (Å²) < 4.78 is 19.6. The van der Waals surface area contributed by atoms with Gasteiger partial charge in [-0.2, -0.15) is 0 Å². The molecule has 27 heavy (non-hydrogen) atoms.